The summed E-state index contributed by atoms with van der Waals surface area (Å²) in [5.74, 6) is 1.53. The first kappa shape index (κ1) is 26.7. The summed E-state index contributed by atoms with van der Waals surface area (Å²) in [4.78, 5) is 15.0. The number of oxazole rings is 1. The van der Waals surface area contributed by atoms with Gasteiger partial charge < -0.3 is 4.42 Å². The number of hydrogen-bond acceptors (Lipinski definition) is 5. The fraction of sp³-hybridized carbons (Fsp3) is 0.0488. The topological polar surface area (TPSA) is 51.8 Å². The Bertz CT molecular complexity index is 2420. The van der Waals surface area contributed by atoms with Gasteiger partial charge in [-0.2, -0.15) is 0 Å². The van der Waals surface area contributed by atoms with E-state index in [9.17, 15) is 0 Å². The van der Waals surface area contributed by atoms with Crippen LogP contribution in [0.15, 0.2) is 150 Å². The van der Waals surface area contributed by atoms with E-state index < -0.39 is 0 Å². The molecule has 5 heteroatoms. The number of nitrogens with zero attached hydrogens (tertiary/aromatic N) is 3. The summed E-state index contributed by atoms with van der Waals surface area (Å²) in [6.45, 7) is 0. The summed E-state index contributed by atoms with van der Waals surface area (Å²) < 4.78 is 8.63. The molecule has 1 atom stereocenters. The van der Waals surface area contributed by atoms with E-state index >= 15 is 0 Å². The van der Waals surface area contributed by atoms with Crippen LogP contribution in [0.25, 0.3) is 70.6 Å². The van der Waals surface area contributed by atoms with Gasteiger partial charge in [-0.1, -0.05) is 115 Å². The Labute approximate surface area is 270 Å². The number of fused-ring (bicyclic) bond motifs is 4. The Balaban J connectivity index is 1.11. The first-order valence-electron chi connectivity index (χ1n) is 15.5. The van der Waals surface area contributed by atoms with E-state index in [1.54, 1.807) is 0 Å². The molecule has 1 aliphatic rings. The van der Waals surface area contributed by atoms with Crippen molar-refractivity contribution in [2.24, 2.45) is 0 Å². The largest absolute Gasteiger partial charge is 0.440 e. The normalized spacial score (nSPS) is 14.7. The number of rotatable bonds is 5. The molecule has 4 nitrogen and oxygen atoms in total. The van der Waals surface area contributed by atoms with Crippen LogP contribution in [0, 0.1) is 0 Å². The molecule has 0 fully saturated rings. The van der Waals surface area contributed by atoms with Crippen molar-refractivity contribution in [3.8, 4) is 33.8 Å². The van der Waals surface area contributed by atoms with Crippen molar-refractivity contribution in [1.29, 1.82) is 0 Å². The molecule has 0 aliphatic heterocycles. The van der Waals surface area contributed by atoms with Gasteiger partial charge in [-0.05, 0) is 53.5 Å². The van der Waals surface area contributed by atoms with Gasteiger partial charge in [0, 0.05) is 31.3 Å². The average Bonchev–Trinajstić information content (AvgIpc) is 3.73. The summed E-state index contributed by atoms with van der Waals surface area (Å²) >= 11 is 1.82. The highest BCUT2D eigenvalue weighted by Crippen LogP contribution is 2.38. The van der Waals surface area contributed by atoms with Crippen LogP contribution >= 0.6 is 11.3 Å². The SMILES string of the molecule is C1=CC(c2nc3ccccc3o2)CC=C1c1cc(-c2ccc3c(c2)sc2ccccc23)nc(-c2ccc(-c3ccccc3)cc2)n1. The first-order chi connectivity index (χ1) is 22.7. The molecule has 0 amide bonds. The number of allylic oxidation sites excluding steroid dienone is 4. The molecule has 8 aromatic rings. The minimum atomic E-state index is 0.0813. The van der Waals surface area contributed by atoms with Crippen LogP contribution in [0.3, 0.4) is 0 Å². The van der Waals surface area contributed by atoms with Crippen LogP contribution in [0.4, 0.5) is 0 Å². The molecular formula is C41H27N3OS. The third-order valence-corrected chi connectivity index (χ3v) is 9.81. The van der Waals surface area contributed by atoms with E-state index in [0.29, 0.717) is 5.82 Å². The minimum Gasteiger partial charge on any atom is -0.440 e. The van der Waals surface area contributed by atoms with Gasteiger partial charge in [0.2, 0.25) is 5.89 Å². The molecule has 1 aliphatic carbocycles. The molecule has 3 heterocycles. The van der Waals surface area contributed by atoms with Crippen molar-refractivity contribution in [1.82, 2.24) is 15.0 Å². The summed E-state index contributed by atoms with van der Waals surface area (Å²) in [6.07, 6.45) is 7.35. The smallest absolute Gasteiger partial charge is 0.202 e. The zero-order valence-electron chi connectivity index (χ0n) is 24.8. The fourth-order valence-electron chi connectivity index (χ4n) is 6.24. The number of benzene rings is 5. The number of aromatic nitrogens is 3. The number of para-hydroxylation sites is 2. The molecule has 9 rings (SSSR count). The summed E-state index contributed by atoms with van der Waals surface area (Å²) in [5.41, 5.74) is 8.99. The number of thiophene rings is 1. The van der Waals surface area contributed by atoms with Crippen molar-refractivity contribution >= 4 is 48.2 Å². The van der Waals surface area contributed by atoms with E-state index in [-0.39, 0.29) is 5.92 Å². The Morgan fingerprint density at radius 1 is 0.587 bits per heavy atom. The van der Waals surface area contributed by atoms with Crippen molar-refractivity contribution in [2.75, 3.05) is 0 Å². The summed E-state index contributed by atoms with van der Waals surface area (Å²) in [6, 6.07) is 44.3. The van der Waals surface area contributed by atoms with Crippen LogP contribution in [0.5, 0.6) is 0 Å². The predicted molar refractivity (Wildman–Crippen MR) is 190 cm³/mol. The third-order valence-electron chi connectivity index (χ3n) is 8.67. The fourth-order valence-corrected chi connectivity index (χ4v) is 7.39. The molecule has 0 saturated carbocycles. The van der Waals surface area contributed by atoms with E-state index in [2.05, 4.69) is 115 Å². The van der Waals surface area contributed by atoms with Crippen LogP contribution in [-0.4, -0.2) is 15.0 Å². The second-order valence-electron chi connectivity index (χ2n) is 11.6. The van der Waals surface area contributed by atoms with Gasteiger partial charge in [0.15, 0.2) is 11.4 Å². The van der Waals surface area contributed by atoms with E-state index in [0.717, 1.165) is 51.5 Å². The highest BCUT2D eigenvalue weighted by molar-refractivity contribution is 7.25. The molecule has 5 aromatic carbocycles. The second-order valence-corrected chi connectivity index (χ2v) is 12.7. The van der Waals surface area contributed by atoms with Gasteiger partial charge in [-0.15, -0.1) is 11.3 Å². The maximum absolute atomic E-state index is 6.08. The highest BCUT2D eigenvalue weighted by atomic mass is 32.1. The monoisotopic (exact) mass is 609 g/mol. The van der Waals surface area contributed by atoms with Crippen LogP contribution in [0.2, 0.25) is 0 Å². The lowest BCUT2D eigenvalue weighted by Crippen LogP contribution is -2.02. The van der Waals surface area contributed by atoms with Crippen molar-refractivity contribution in [3.05, 3.63) is 157 Å². The molecule has 0 bridgehead atoms. The Morgan fingerprint density at radius 2 is 1.30 bits per heavy atom. The van der Waals surface area contributed by atoms with Gasteiger partial charge in [0.1, 0.15) is 5.52 Å². The zero-order chi connectivity index (χ0) is 30.5. The zero-order valence-corrected chi connectivity index (χ0v) is 25.6. The molecular weight excluding hydrogens is 583 g/mol. The van der Waals surface area contributed by atoms with E-state index in [4.69, 9.17) is 19.4 Å². The molecule has 0 saturated heterocycles. The molecule has 0 N–H and O–H groups in total. The molecule has 46 heavy (non-hydrogen) atoms. The Hall–Kier alpha value is -5.65. The predicted octanol–water partition coefficient (Wildman–Crippen LogP) is 11.1. The van der Waals surface area contributed by atoms with Crippen molar-refractivity contribution in [2.45, 2.75) is 12.3 Å². The van der Waals surface area contributed by atoms with E-state index in [1.807, 2.05) is 41.7 Å². The molecule has 1 unspecified atom stereocenters. The summed E-state index contributed by atoms with van der Waals surface area (Å²) in [5, 5.41) is 2.57. The first-order valence-corrected chi connectivity index (χ1v) is 16.3. The standard InChI is InChI=1S/C41H27N3OS/c1-2-8-26(9-3-1)27-14-18-29(19-15-27)40-42-35(28-16-20-30(21-17-28)41-44-34-11-5-6-12-37(34)45-41)25-36(43-40)31-22-23-33-32-10-4-7-13-38(32)46-39(33)24-31/h1-20,22-25,30H,21H2. The van der Waals surface area contributed by atoms with E-state index in [1.165, 1.54) is 31.3 Å². The number of hydrogen-bond donors (Lipinski definition) is 0. The quantitative estimate of drug-likeness (QED) is 0.195. The third kappa shape index (κ3) is 4.82. The second kappa shape index (κ2) is 11.1. The average molecular weight is 610 g/mol. The molecule has 3 aromatic heterocycles. The lowest BCUT2D eigenvalue weighted by atomic mass is 9.94. The van der Waals surface area contributed by atoms with Gasteiger partial charge in [-0.25, -0.2) is 15.0 Å². The van der Waals surface area contributed by atoms with Gasteiger partial charge in [0.05, 0.1) is 17.3 Å². The van der Waals surface area contributed by atoms with Crippen LogP contribution in [-0.2, 0) is 0 Å². The van der Waals surface area contributed by atoms with Gasteiger partial charge in [0.25, 0.3) is 0 Å². The van der Waals surface area contributed by atoms with Gasteiger partial charge in [-0.3, -0.25) is 0 Å². The van der Waals surface area contributed by atoms with Gasteiger partial charge >= 0.3 is 0 Å². The Kier molecular flexibility index (Phi) is 6.42. The highest BCUT2D eigenvalue weighted by Gasteiger charge is 2.20. The molecule has 218 valence electrons. The van der Waals surface area contributed by atoms with Crippen LogP contribution < -0.4 is 0 Å². The van der Waals surface area contributed by atoms with Crippen molar-refractivity contribution in [3.63, 3.8) is 0 Å². The Morgan fingerprint density at radius 3 is 2.15 bits per heavy atom. The maximum atomic E-state index is 6.08. The summed E-state index contributed by atoms with van der Waals surface area (Å²) in [7, 11) is 0. The minimum absolute atomic E-state index is 0.0813. The van der Waals surface area contributed by atoms with Crippen LogP contribution in [0.1, 0.15) is 23.9 Å². The maximum Gasteiger partial charge on any atom is 0.202 e. The lowest BCUT2D eigenvalue weighted by molar-refractivity contribution is 0.505. The lowest BCUT2D eigenvalue weighted by Gasteiger charge is -2.15. The molecule has 0 radical (unpaired) electrons. The van der Waals surface area contributed by atoms with Crippen molar-refractivity contribution < 1.29 is 4.42 Å². The molecule has 0 spiro atoms.